The molecular formula is C8H11IN2OS. The molecule has 0 aromatic carbocycles. The fourth-order valence-corrected chi connectivity index (χ4v) is 1.91. The minimum Gasteiger partial charge on any atom is -0.351 e. The normalized spacial score (nSPS) is 9.92. The van der Waals surface area contributed by atoms with Gasteiger partial charge in [-0.1, -0.05) is 22.6 Å². The number of unbranched alkanes of at least 4 members (excludes halogenated alkanes) is 1. The van der Waals surface area contributed by atoms with Gasteiger partial charge in [-0.25, -0.2) is 0 Å². The Hall–Kier alpha value is -0.170. The van der Waals surface area contributed by atoms with Gasteiger partial charge in [0.2, 0.25) is 0 Å². The van der Waals surface area contributed by atoms with E-state index in [1.165, 1.54) is 11.3 Å². The van der Waals surface area contributed by atoms with Crippen molar-refractivity contribution in [3.8, 4) is 0 Å². The van der Waals surface area contributed by atoms with Crippen LogP contribution in [0.15, 0.2) is 11.7 Å². The monoisotopic (exact) mass is 310 g/mol. The van der Waals surface area contributed by atoms with Crippen LogP contribution >= 0.6 is 33.9 Å². The topological polar surface area (TPSA) is 42.0 Å². The number of alkyl halides is 1. The van der Waals surface area contributed by atoms with E-state index in [2.05, 4.69) is 32.9 Å². The van der Waals surface area contributed by atoms with E-state index in [0.29, 0.717) is 4.88 Å². The van der Waals surface area contributed by atoms with Gasteiger partial charge in [-0.2, -0.15) is 0 Å². The minimum absolute atomic E-state index is 0.00374. The number of hydrogen-bond donors (Lipinski definition) is 1. The van der Waals surface area contributed by atoms with Gasteiger partial charge in [0.05, 0.1) is 11.7 Å². The average Bonchev–Trinajstić information content (AvgIpc) is 2.65. The summed E-state index contributed by atoms with van der Waals surface area (Å²) >= 11 is 3.70. The van der Waals surface area contributed by atoms with E-state index in [4.69, 9.17) is 0 Å². The molecular weight excluding hydrogens is 299 g/mol. The maximum atomic E-state index is 11.3. The highest BCUT2D eigenvalue weighted by Gasteiger charge is 2.04. The third-order valence-electron chi connectivity index (χ3n) is 1.50. The van der Waals surface area contributed by atoms with Crippen LogP contribution in [-0.2, 0) is 0 Å². The van der Waals surface area contributed by atoms with Crippen LogP contribution in [0.2, 0.25) is 0 Å². The quantitative estimate of drug-likeness (QED) is 0.514. The Morgan fingerprint density at radius 1 is 1.62 bits per heavy atom. The maximum absolute atomic E-state index is 11.3. The summed E-state index contributed by atoms with van der Waals surface area (Å²) in [4.78, 5) is 15.9. The summed E-state index contributed by atoms with van der Waals surface area (Å²) in [5.41, 5.74) is 1.67. The molecule has 1 aromatic rings. The Morgan fingerprint density at radius 3 is 3.08 bits per heavy atom. The van der Waals surface area contributed by atoms with E-state index < -0.39 is 0 Å². The van der Waals surface area contributed by atoms with Crippen LogP contribution in [0.4, 0.5) is 0 Å². The van der Waals surface area contributed by atoms with Crippen molar-refractivity contribution in [2.45, 2.75) is 12.8 Å². The summed E-state index contributed by atoms with van der Waals surface area (Å²) in [7, 11) is 0. The first-order valence-corrected chi connectivity index (χ1v) is 6.48. The Kier molecular flexibility index (Phi) is 5.29. The molecule has 1 N–H and O–H groups in total. The molecule has 72 valence electrons. The number of rotatable bonds is 5. The van der Waals surface area contributed by atoms with Crippen molar-refractivity contribution in [1.82, 2.24) is 10.3 Å². The number of nitrogens with zero attached hydrogens (tertiary/aromatic N) is 1. The molecule has 3 nitrogen and oxygen atoms in total. The molecule has 1 heterocycles. The maximum Gasteiger partial charge on any atom is 0.262 e. The van der Waals surface area contributed by atoms with Gasteiger partial charge in [0.25, 0.3) is 5.91 Å². The number of carbonyl (C=O) groups is 1. The lowest BCUT2D eigenvalue weighted by Gasteiger charge is -2.00. The smallest absolute Gasteiger partial charge is 0.262 e. The standard InChI is InChI=1S/C8H11IN2OS/c9-3-1-2-4-11-8(12)7-5-10-6-13-7/h5-6H,1-4H2,(H,11,12). The molecule has 1 rings (SSSR count). The SMILES string of the molecule is O=C(NCCCCI)c1cncs1. The molecule has 0 bridgehead atoms. The van der Waals surface area contributed by atoms with Crippen LogP contribution in [0.5, 0.6) is 0 Å². The van der Waals surface area contributed by atoms with E-state index >= 15 is 0 Å². The first kappa shape index (κ1) is 10.9. The zero-order valence-electron chi connectivity index (χ0n) is 7.12. The molecule has 0 aliphatic heterocycles. The minimum atomic E-state index is -0.00374. The van der Waals surface area contributed by atoms with Crippen molar-refractivity contribution >= 4 is 39.8 Å². The zero-order valence-corrected chi connectivity index (χ0v) is 10.1. The van der Waals surface area contributed by atoms with E-state index in [1.807, 2.05) is 0 Å². The number of thiazole rings is 1. The first-order valence-electron chi connectivity index (χ1n) is 4.07. The van der Waals surface area contributed by atoms with Gasteiger partial charge >= 0.3 is 0 Å². The van der Waals surface area contributed by atoms with Crippen LogP contribution in [0.1, 0.15) is 22.5 Å². The van der Waals surface area contributed by atoms with Gasteiger partial charge in [0.1, 0.15) is 4.88 Å². The molecule has 0 aliphatic carbocycles. The molecule has 0 atom stereocenters. The number of carbonyl (C=O) groups excluding carboxylic acids is 1. The molecule has 0 unspecified atom stereocenters. The Bertz CT molecular complexity index is 251. The van der Waals surface area contributed by atoms with Crippen LogP contribution in [0, 0.1) is 0 Å². The molecule has 1 aromatic heterocycles. The largest absolute Gasteiger partial charge is 0.351 e. The number of halogens is 1. The summed E-state index contributed by atoms with van der Waals surface area (Å²) in [5.74, 6) is -0.00374. The summed E-state index contributed by atoms with van der Waals surface area (Å²) in [6.45, 7) is 0.764. The molecule has 13 heavy (non-hydrogen) atoms. The van der Waals surface area contributed by atoms with Crippen LogP contribution < -0.4 is 5.32 Å². The lowest BCUT2D eigenvalue weighted by atomic mass is 10.3. The average molecular weight is 310 g/mol. The fourth-order valence-electron chi connectivity index (χ4n) is 0.836. The van der Waals surface area contributed by atoms with E-state index in [9.17, 15) is 4.79 Å². The summed E-state index contributed by atoms with van der Waals surface area (Å²) in [6.07, 6.45) is 3.80. The molecule has 0 radical (unpaired) electrons. The molecule has 0 spiro atoms. The van der Waals surface area contributed by atoms with Crippen LogP contribution in [-0.4, -0.2) is 21.9 Å². The second-order valence-corrected chi connectivity index (χ2v) is 4.48. The summed E-state index contributed by atoms with van der Waals surface area (Å²) in [5, 5.41) is 2.85. The third kappa shape index (κ3) is 4.04. The zero-order chi connectivity index (χ0) is 9.52. The second-order valence-electron chi connectivity index (χ2n) is 2.52. The molecule has 0 saturated heterocycles. The van der Waals surface area contributed by atoms with E-state index in [0.717, 1.165) is 23.8 Å². The van der Waals surface area contributed by atoms with Gasteiger partial charge in [-0.05, 0) is 17.3 Å². The van der Waals surface area contributed by atoms with Crippen molar-refractivity contribution < 1.29 is 4.79 Å². The number of hydrogen-bond acceptors (Lipinski definition) is 3. The number of nitrogens with one attached hydrogen (secondary N) is 1. The van der Waals surface area contributed by atoms with Crippen molar-refractivity contribution in [2.24, 2.45) is 0 Å². The third-order valence-corrected chi connectivity index (χ3v) is 3.04. The Morgan fingerprint density at radius 2 is 2.46 bits per heavy atom. The summed E-state index contributed by atoms with van der Waals surface area (Å²) < 4.78 is 1.15. The van der Waals surface area contributed by atoms with E-state index in [-0.39, 0.29) is 5.91 Å². The van der Waals surface area contributed by atoms with Gasteiger partial charge in [0.15, 0.2) is 0 Å². The van der Waals surface area contributed by atoms with Crippen molar-refractivity contribution in [1.29, 1.82) is 0 Å². The highest BCUT2D eigenvalue weighted by atomic mass is 127. The first-order chi connectivity index (χ1) is 6.34. The number of amides is 1. The second kappa shape index (κ2) is 6.31. The van der Waals surface area contributed by atoms with Gasteiger partial charge < -0.3 is 5.32 Å². The molecule has 0 fully saturated rings. The fraction of sp³-hybridized carbons (Fsp3) is 0.500. The number of aromatic nitrogens is 1. The van der Waals surface area contributed by atoms with Gasteiger partial charge in [0, 0.05) is 6.54 Å². The predicted molar refractivity (Wildman–Crippen MR) is 62.6 cm³/mol. The van der Waals surface area contributed by atoms with Gasteiger partial charge in [-0.15, -0.1) is 11.3 Å². The highest BCUT2D eigenvalue weighted by Crippen LogP contribution is 2.04. The molecule has 1 amide bonds. The Labute approximate surface area is 95.1 Å². The lowest BCUT2D eigenvalue weighted by molar-refractivity contribution is 0.0957. The van der Waals surface area contributed by atoms with Crippen LogP contribution in [0.25, 0.3) is 0 Å². The summed E-state index contributed by atoms with van der Waals surface area (Å²) in [6, 6.07) is 0. The molecule has 0 saturated carbocycles. The van der Waals surface area contributed by atoms with Crippen molar-refractivity contribution in [3.05, 3.63) is 16.6 Å². The van der Waals surface area contributed by atoms with Crippen molar-refractivity contribution in [3.63, 3.8) is 0 Å². The lowest BCUT2D eigenvalue weighted by Crippen LogP contribution is -2.23. The highest BCUT2D eigenvalue weighted by molar-refractivity contribution is 14.1. The van der Waals surface area contributed by atoms with E-state index in [1.54, 1.807) is 11.7 Å². The van der Waals surface area contributed by atoms with Gasteiger partial charge in [-0.3, -0.25) is 9.78 Å². The molecule has 0 aliphatic rings. The predicted octanol–water partition coefficient (Wildman–Crippen LogP) is 2.09. The Balaban J connectivity index is 2.19. The van der Waals surface area contributed by atoms with Crippen molar-refractivity contribution in [2.75, 3.05) is 11.0 Å². The van der Waals surface area contributed by atoms with Crippen LogP contribution in [0.3, 0.4) is 0 Å². The molecule has 5 heteroatoms.